The summed E-state index contributed by atoms with van der Waals surface area (Å²) in [5.74, 6) is -1.95. The van der Waals surface area contributed by atoms with E-state index in [1.54, 1.807) is 6.07 Å². The number of H-pyrrole nitrogens is 1. The number of aromatic amines is 1. The van der Waals surface area contributed by atoms with Crippen molar-refractivity contribution < 1.29 is 18.7 Å². The highest BCUT2D eigenvalue weighted by Gasteiger charge is 2.24. The summed E-state index contributed by atoms with van der Waals surface area (Å²) in [5.41, 5.74) is 0.523. The largest absolute Gasteiger partial charge is 0.467 e. The van der Waals surface area contributed by atoms with E-state index >= 15 is 0 Å². The number of rotatable bonds is 5. The summed E-state index contributed by atoms with van der Waals surface area (Å²) >= 11 is 0. The molecule has 0 saturated heterocycles. The molecule has 0 aliphatic rings. The monoisotopic (exact) mass is 291 g/mol. The molecule has 0 radical (unpaired) electrons. The molecular formula is C14H14FN3O3. The number of hydrogen-bond donors (Lipinski definition) is 2. The van der Waals surface area contributed by atoms with Gasteiger partial charge in [0.2, 0.25) is 0 Å². The Kier molecular flexibility index (Phi) is 4.65. The van der Waals surface area contributed by atoms with Crippen LogP contribution in [0.2, 0.25) is 0 Å². The maximum Gasteiger partial charge on any atom is 0.328 e. The highest BCUT2D eigenvalue weighted by atomic mass is 19.1. The molecule has 21 heavy (non-hydrogen) atoms. The molecule has 0 fully saturated rings. The lowest BCUT2D eigenvalue weighted by Gasteiger charge is -2.16. The number of amides is 1. The van der Waals surface area contributed by atoms with Crippen molar-refractivity contribution in [3.63, 3.8) is 0 Å². The second kappa shape index (κ2) is 6.65. The first kappa shape index (κ1) is 14.7. The summed E-state index contributed by atoms with van der Waals surface area (Å²) in [5, 5.41) is 2.46. The fraction of sp³-hybridized carbons (Fsp3) is 0.214. The predicted octanol–water partition coefficient (Wildman–Crippen LogP) is 1.06. The third-order valence-corrected chi connectivity index (χ3v) is 2.89. The van der Waals surface area contributed by atoms with E-state index in [2.05, 4.69) is 20.0 Å². The Labute approximate surface area is 120 Å². The standard InChI is InChI=1S/C14H14FN3O3/c1-21-14(20)12(6-9-7-16-8-17-9)18-13(19)10-4-2-3-5-11(10)15/h2-5,7-8,12H,6H2,1H3,(H,16,17)(H,18,19). The van der Waals surface area contributed by atoms with E-state index < -0.39 is 23.7 Å². The summed E-state index contributed by atoms with van der Waals surface area (Å²) in [6.07, 6.45) is 3.17. The Morgan fingerprint density at radius 2 is 2.19 bits per heavy atom. The minimum Gasteiger partial charge on any atom is -0.467 e. The number of carbonyl (C=O) groups is 2. The van der Waals surface area contributed by atoms with Crippen LogP contribution in [0.1, 0.15) is 16.1 Å². The lowest BCUT2D eigenvalue weighted by Crippen LogP contribution is -2.43. The quantitative estimate of drug-likeness (QED) is 0.807. The van der Waals surface area contributed by atoms with E-state index in [0.717, 1.165) is 0 Å². The van der Waals surface area contributed by atoms with Crippen LogP contribution in [-0.4, -0.2) is 35.0 Å². The van der Waals surface area contributed by atoms with Crippen molar-refractivity contribution in [3.05, 3.63) is 53.9 Å². The fourth-order valence-corrected chi connectivity index (χ4v) is 1.83. The van der Waals surface area contributed by atoms with Crippen molar-refractivity contribution >= 4 is 11.9 Å². The van der Waals surface area contributed by atoms with Crippen molar-refractivity contribution in [2.45, 2.75) is 12.5 Å². The second-order valence-corrected chi connectivity index (χ2v) is 4.31. The minimum absolute atomic E-state index is 0.129. The van der Waals surface area contributed by atoms with E-state index in [0.29, 0.717) is 5.69 Å². The number of imidazole rings is 1. The van der Waals surface area contributed by atoms with E-state index in [1.165, 1.54) is 37.8 Å². The van der Waals surface area contributed by atoms with Crippen molar-refractivity contribution in [1.29, 1.82) is 0 Å². The Hall–Kier alpha value is -2.70. The molecule has 1 amide bonds. The van der Waals surface area contributed by atoms with Crippen LogP contribution >= 0.6 is 0 Å². The van der Waals surface area contributed by atoms with Gasteiger partial charge in [-0.15, -0.1) is 0 Å². The molecule has 2 rings (SSSR count). The van der Waals surface area contributed by atoms with Crippen LogP contribution in [0.4, 0.5) is 4.39 Å². The Morgan fingerprint density at radius 3 is 2.81 bits per heavy atom. The molecule has 1 aromatic carbocycles. The van der Waals surface area contributed by atoms with Gasteiger partial charge in [-0.1, -0.05) is 12.1 Å². The van der Waals surface area contributed by atoms with Gasteiger partial charge in [-0.25, -0.2) is 14.2 Å². The summed E-state index contributed by atoms with van der Waals surface area (Å²) < 4.78 is 18.2. The van der Waals surface area contributed by atoms with Gasteiger partial charge in [0.05, 0.1) is 19.0 Å². The normalized spacial score (nSPS) is 11.7. The molecular weight excluding hydrogens is 277 g/mol. The molecule has 110 valence electrons. The number of nitrogens with zero attached hydrogens (tertiary/aromatic N) is 1. The summed E-state index contributed by atoms with van der Waals surface area (Å²) in [7, 11) is 1.22. The van der Waals surface area contributed by atoms with Crippen LogP contribution in [0.15, 0.2) is 36.8 Å². The van der Waals surface area contributed by atoms with Gasteiger partial charge in [0.25, 0.3) is 5.91 Å². The molecule has 2 N–H and O–H groups in total. The third-order valence-electron chi connectivity index (χ3n) is 2.89. The maximum atomic E-state index is 13.6. The zero-order valence-electron chi connectivity index (χ0n) is 11.3. The van der Waals surface area contributed by atoms with Crippen molar-refractivity contribution in [1.82, 2.24) is 15.3 Å². The summed E-state index contributed by atoms with van der Waals surface area (Å²) in [6, 6.07) is 4.61. The molecule has 0 saturated carbocycles. The average Bonchev–Trinajstić information content (AvgIpc) is 2.99. The number of benzene rings is 1. The Morgan fingerprint density at radius 1 is 1.43 bits per heavy atom. The van der Waals surface area contributed by atoms with Gasteiger partial charge in [-0.2, -0.15) is 0 Å². The first-order valence-electron chi connectivity index (χ1n) is 6.22. The molecule has 0 aliphatic carbocycles. The van der Waals surface area contributed by atoms with Gasteiger partial charge in [0.15, 0.2) is 0 Å². The van der Waals surface area contributed by atoms with Crippen LogP contribution in [0.5, 0.6) is 0 Å². The van der Waals surface area contributed by atoms with Crippen LogP contribution in [-0.2, 0) is 16.0 Å². The zero-order chi connectivity index (χ0) is 15.2. The summed E-state index contributed by atoms with van der Waals surface area (Å²) in [4.78, 5) is 30.4. The molecule has 1 atom stereocenters. The number of halogens is 1. The Balaban J connectivity index is 2.13. The molecule has 0 aliphatic heterocycles. The number of esters is 1. The van der Waals surface area contributed by atoms with E-state index in [1.807, 2.05) is 0 Å². The molecule has 1 aromatic heterocycles. The molecule has 2 aromatic rings. The molecule has 0 spiro atoms. The van der Waals surface area contributed by atoms with Gasteiger partial charge < -0.3 is 15.0 Å². The lowest BCUT2D eigenvalue weighted by atomic mass is 10.1. The average molecular weight is 291 g/mol. The van der Waals surface area contributed by atoms with Gasteiger partial charge >= 0.3 is 5.97 Å². The number of ether oxygens (including phenoxy) is 1. The number of methoxy groups -OCH3 is 1. The van der Waals surface area contributed by atoms with Gasteiger partial charge in [0, 0.05) is 18.3 Å². The molecule has 1 heterocycles. The summed E-state index contributed by atoms with van der Waals surface area (Å²) in [6.45, 7) is 0. The van der Waals surface area contributed by atoms with Crippen molar-refractivity contribution in [3.8, 4) is 0 Å². The second-order valence-electron chi connectivity index (χ2n) is 4.31. The van der Waals surface area contributed by atoms with Crippen LogP contribution in [0, 0.1) is 5.82 Å². The van der Waals surface area contributed by atoms with Crippen LogP contribution < -0.4 is 5.32 Å². The molecule has 1 unspecified atom stereocenters. The van der Waals surface area contributed by atoms with E-state index in [-0.39, 0.29) is 12.0 Å². The smallest absolute Gasteiger partial charge is 0.328 e. The lowest BCUT2D eigenvalue weighted by molar-refractivity contribution is -0.142. The van der Waals surface area contributed by atoms with Crippen molar-refractivity contribution in [2.75, 3.05) is 7.11 Å². The Bertz CT molecular complexity index is 628. The van der Waals surface area contributed by atoms with Crippen LogP contribution in [0.3, 0.4) is 0 Å². The first-order chi connectivity index (χ1) is 10.1. The third kappa shape index (κ3) is 3.65. The van der Waals surface area contributed by atoms with Crippen LogP contribution in [0.25, 0.3) is 0 Å². The highest BCUT2D eigenvalue weighted by Crippen LogP contribution is 2.08. The fourth-order valence-electron chi connectivity index (χ4n) is 1.83. The van der Waals surface area contributed by atoms with E-state index in [4.69, 9.17) is 0 Å². The zero-order valence-corrected chi connectivity index (χ0v) is 11.3. The SMILES string of the molecule is COC(=O)C(Cc1cnc[nH]1)NC(=O)c1ccccc1F. The number of hydrogen-bond acceptors (Lipinski definition) is 4. The first-order valence-corrected chi connectivity index (χ1v) is 6.22. The van der Waals surface area contributed by atoms with E-state index in [9.17, 15) is 14.0 Å². The molecule has 7 heteroatoms. The number of nitrogens with one attached hydrogen (secondary N) is 2. The van der Waals surface area contributed by atoms with Gasteiger partial charge in [-0.05, 0) is 12.1 Å². The topological polar surface area (TPSA) is 84.1 Å². The molecule has 0 bridgehead atoms. The maximum absolute atomic E-state index is 13.6. The van der Waals surface area contributed by atoms with Gasteiger partial charge in [0.1, 0.15) is 11.9 Å². The van der Waals surface area contributed by atoms with Crippen molar-refractivity contribution in [2.24, 2.45) is 0 Å². The number of aromatic nitrogens is 2. The predicted molar refractivity (Wildman–Crippen MR) is 72.0 cm³/mol. The minimum atomic E-state index is -0.928. The molecule has 6 nitrogen and oxygen atoms in total. The van der Waals surface area contributed by atoms with Gasteiger partial charge in [-0.3, -0.25) is 4.79 Å². The highest BCUT2D eigenvalue weighted by molar-refractivity contribution is 5.97. The number of carbonyl (C=O) groups excluding carboxylic acids is 2.